The molecular weight excluding hydrogens is 718 g/mol. The molecule has 0 aromatic heterocycles. The van der Waals surface area contributed by atoms with Gasteiger partial charge in [-0.25, -0.2) is 0 Å². The van der Waals surface area contributed by atoms with Crippen LogP contribution in [0.1, 0.15) is 103 Å². The van der Waals surface area contributed by atoms with Crippen molar-refractivity contribution in [2.75, 3.05) is 0 Å². The van der Waals surface area contributed by atoms with Gasteiger partial charge in [-0.15, -0.1) is 0 Å². The van der Waals surface area contributed by atoms with Gasteiger partial charge in [-0.3, -0.25) is 42.5 Å². The van der Waals surface area contributed by atoms with E-state index in [2.05, 4.69) is 42.5 Å². The Morgan fingerprint density at radius 1 is 0.262 bits per heavy atom. The molecule has 10 heteroatoms. The Morgan fingerprint density at radius 2 is 0.381 bits per heavy atom. The quantitative estimate of drug-likeness (QED) is 0.190. The van der Waals surface area contributed by atoms with Crippen molar-refractivity contribution in [3.63, 3.8) is 0 Å². The van der Waals surface area contributed by atoms with Gasteiger partial charge >= 0.3 is 27.7 Å². The van der Waals surface area contributed by atoms with Gasteiger partial charge in [-0.1, -0.05) is 51.4 Å². The molecule has 8 nitrogen and oxygen atoms in total. The molecular formula is C32H56ClN8Re. The van der Waals surface area contributed by atoms with Gasteiger partial charge in [0.15, 0.2) is 0 Å². The van der Waals surface area contributed by atoms with E-state index in [0.29, 0.717) is 49.3 Å². The Morgan fingerprint density at radius 3 is 0.500 bits per heavy atom. The van der Waals surface area contributed by atoms with Crippen LogP contribution < -0.4 is 42.5 Å². The minimum absolute atomic E-state index is 0.420. The number of hydrogen-bond donors (Lipinski definition) is 8. The van der Waals surface area contributed by atoms with Crippen molar-refractivity contribution in [2.24, 2.45) is 47.3 Å². The van der Waals surface area contributed by atoms with Crippen LogP contribution >= 0.6 is 9.53 Å². The van der Waals surface area contributed by atoms with E-state index >= 15 is 0 Å². The number of rotatable bonds is 0. The number of fused-ring (bicyclic) bond motifs is 20. The van der Waals surface area contributed by atoms with Crippen LogP contribution in [-0.2, 0) is 18.2 Å². The third-order valence-electron chi connectivity index (χ3n) is 13.8. The molecule has 8 atom stereocenters. The molecule has 0 radical (unpaired) electrons. The van der Waals surface area contributed by atoms with Crippen LogP contribution in [0.3, 0.4) is 0 Å². The minimum atomic E-state index is 0.420. The van der Waals surface area contributed by atoms with E-state index in [-0.39, 0.29) is 0 Å². The van der Waals surface area contributed by atoms with Crippen LogP contribution in [0.2, 0.25) is 0 Å². The van der Waals surface area contributed by atoms with Crippen molar-refractivity contribution < 1.29 is 18.2 Å². The van der Waals surface area contributed by atoms with Gasteiger partial charge in [0.25, 0.3) is 0 Å². The van der Waals surface area contributed by atoms with Crippen molar-refractivity contribution in [2.45, 2.75) is 152 Å². The van der Waals surface area contributed by atoms with E-state index in [0.717, 1.165) is 47.3 Å². The number of hydrogen-bond acceptors (Lipinski definition) is 8. The molecule has 8 N–H and O–H groups in total. The van der Waals surface area contributed by atoms with Crippen molar-refractivity contribution in [1.29, 1.82) is 0 Å². The van der Waals surface area contributed by atoms with Gasteiger partial charge in [0, 0.05) is 0 Å². The second-order valence-corrected chi connectivity index (χ2v) is 15.6. The summed E-state index contributed by atoms with van der Waals surface area (Å²) in [5.41, 5.74) is 0. The zero-order valence-corrected chi connectivity index (χ0v) is 28.8. The fraction of sp³-hybridized carbons (Fsp3) is 1.00. The van der Waals surface area contributed by atoms with E-state index in [1.54, 1.807) is 0 Å². The molecule has 0 spiro atoms. The third-order valence-corrected chi connectivity index (χ3v) is 13.8. The predicted molar refractivity (Wildman–Crippen MR) is 163 cm³/mol. The van der Waals surface area contributed by atoms with E-state index < -0.39 is 0 Å². The summed E-state index contributed by atoms with van der Waals surface area (Å²) in [6, 6.07) is 0. The van der Waals surface area contributed by atoms with Gasteiger partial charge in [0.2, 0.25) is 0 Å². The molecule has 5 saturated heterocycles. The number of halogens is 1. The summed E-state index contributed by atoms with van der Waals surface area (Å²) in [5, 5.41) is 33.8. The Hall–Kier alpha value is 0.632. The molecule has 0 aromatic carbocycles. The normalized spacial score (nSPS) is 55.0. The first-order valence-electron chi connectivity index (χ1n) is 18.0. The maximum atomic E-state index is 4.69. The molecule has 8 unspecified atom stereocenters. The standard InChI is InChI=1S/C32H56N8.ClH.Re/c1-2-10-18-17(9-1)25-33-26(18)38-28-21-13-5-6-14-22(21)30(35-28)40-32-24-16-8-7-15-23(24)31(36-32)39-29-20-12-4-3-11-19(20)27(34-29)37-25;;/h17-40H,1-16H2;1H;/q;;+1/p-1. The van der Waals surface area contributed by atoms with Crippen LogP contribution in [0, 0.1) is 47.3 Å². The van der Waals surface area contributed by atoms with Crippen molar-refractivity contribution >= 4 is 9.53 Å². The maximum absolute atomic E-state index is 4.69. The molecule has 5 heterocycles. The van der Waals surface area contributed by atoms with E-state index in [1.165, 1.54) is 121 Å². The first-order valence-corrected chi connectivity index (χ1v) is 21.4. The van der Waals surface area contributed by atoms with Crippen LogP contribution in [0.4, 0.5) is 0 Å². The predicted octanol–water partition coefficient (Wildman–Crippen LogP) is 3.29. The molecule has 4 saturated carbocycles. The summed E-state index contributed by atoms with van der Waals surface area (Å²) in [6.45, 7) is 0. The molecule has 0 amide bonds. The van der Waals surface area contributed by atoms with Crippen molar-refractivity contribution in [3.05, 3.63) is 0 Å². The topological polar surface area (TPSA) is 96.2 Å². The summed E-state index contributed by atoms with van der Waals surface area (Å²) in [4.78, 5) is 0. The van der Waals surface area contributed by atoms with Crippen molar-refractivity contribution in [1.82, 2.24) is 42.5 Å². The Labute approximate surface area is 268 Å². The summed E-state index contributed by atoms with van der Waals surface area (Å²) in [5.74, 6) is 5.97. The van der Waals surface area contributed by atoms with Crippen LogP contribution in [0.15, 0.2) is 0 Å². The summed E-state index contributed by atoms with van der Waals surface area (Å²) in [7, 11) is 4.69. The van der Waals surface area contributed by atoms with Gasteiger partial charge in [-0.2, -0.15) is 0 Å². The molecule has 0 aromatic rings. The molecule has 42 heavy (non-hydrogen) atoms. The summed E-state index contributed by atoms with van der Waals surface area (Å²) >= 11 is 1.19. The SMILES string of the molecule is C1CCC2C3NC(NC4NC(NC5NC(NC6NC(N3)C3CCCCC63)C3CCCCC53)C3CCCCC43)C2C1.[Cl][Re]. The summed E-state index contributed by atoms with van der Waals surface area (Å²) < 4.78 is 0. The third kappa shape index (κ3) is 5.41. The van der Waals surface area contributed by atoms with Crippen LogP contribution in [-0.4, -0.2) is 49.3 Å². The van der Waals surface area contributed by atoms with Crippen LogP contribution in [0.5, 0.6) is 0 Å². The molecule has 9 rings (SSSR count). The first-order chi connectivity index (χ1) is 20.8. The Bertz CT molecular complexity index is 723. The second-order valence-electron chi connectivity index (χ2n) is 15.6. The molecule has 4 aliphatic carbocycles. The average Bonchev–Trinajstić information content (AvgIpc) is 3.78. The van der Waals surface area contributed by atoms with Gasteiger partial charge in [0.05, 0.1) is 49.3 Å². The second kappa shape index (κ2) is 13.0. The van der Waals surface area contributed by atoms with E-state index in [4.69, 9.17) is 9.53 Å². The zero-order chi connectivity index (χ0) is 28.2. The van der Waals surface area contributed by atoms with Crippen molar-refractivity contribution in [3.8, 4) is 0 Å². The average molecular weight is 775 g/mol. The monoisotopic (exact) mass is 774 g/mol. The Balaban J connectivity index is 0.00000131. The van der Waals surface area contributed by atoms with E-state index in [9.17, 15) is 0 Å². The Kier molecular flexibility index (Phi) is 9.31. The summed E-state index contributed by atoms with van der Waals surface area (Å²) in [6.07, 6.45) is 25.6. The fourth-order valence-corrected chi connectivity index (χ4v) is 12.0. The van der Waals surface area contributed by atoms with Gasteiger partial charge < -0.3 is 0 Å². The molecule has 238 valence electrons. The van der Waals surface area contributed by atoms with Crippen LogP contribution in [0.25, 0.3) is 0 Å². The molecule has 5 aliphatic heterocycles. The fourth-order valence-electron chi connectivity index (χ4n) is 12.0. The molecule has 8 bridgehead atoms. The first kappa shape index (κ1) is 30.0. The number of nitrogens with one attached hydrogen (secondary N) is 8. The van der Waals surface area contributed by atoms with Gasteiger partial charge in [-0.05, 0) is 98.7 Å². The molecule has 9 aliphatic rings. The zero-order valence-electron chi connectivity index (χ0n) is 25.3. The van der Waals surface area contributed by atoms with E-state index in [1.807, 2.05) is 0 Å². The van der Waals surface area contributed by atoms with Gasteiger partial charge in [0.1, 0.15) is 0 Å². The molecule has 9 fully saturated rings.